The van der Waals surface area contributed by atoms with Gasteiger partial charge in [-0.3, -0.25) is 4.40 Å². The molecule has 118 valence electrons. The summed E-state index contributed by atoms with van der Waals surface area (Å²) in [6.45, 7) is 7.89. The van der Waals surface area contributed by atoms with Gasteiger partial charge < -0.3 is 5.43 Å². The van der Waals surface area contributed by atoms with Crippen LogP contribution in [0.15, 0.2) is 16.6 Å². The number of nitrogens with two attached hydrogens (primary N) is 1. The number of hydrogen-bond donors (Lipinski definition) is 2. The van der Waals surface area contributed by atoms with Crippen LogP contribution in [0.5, 0.6) is 0 Å². The Morgan fingerprint density at radius 3 is 2.62 bits per heavy atom. The minimum atomic E-state index is -3.72. The zero-order valence-electron chi connectivity index (χ0n) is 12.8. The van der Waals surface area contributed by atoms with Crippen LogP contribution >= 0.6 is 11.3 Å². The van der Waals surface area contributed by atoms with Crippen LogP contribution in [0.4, 0.5) is 5.82 Å². The molecule has 0 saturated carbocycles. The van der Waals surface area contributed by atoms with E-state index in [0.717, 1.165) is 0 Å². The lowest BCUT2D eigenvalue weighted by molar-refractivity contribution is 0.216. The van der Waals surface area contributed by atoms with Gasteiger partial charge in [0.25, 0.3) is 10.0 Å². The number of imidazole rings is 1. The van der Waals surface area contributed by atoms with E-state index in [1.807, 2.05) is 27.7 Å². The molecule has 0 saturated heterocycles. The van der Waals surface area contributed by atoms with Gasteiger partial charge >= 0.3 is 0 Å². The van der Waals surface area contributed by atoms with Crippen molar-refractivity contribution in [3.63, 3.8) is 0 Å². The number of thiazole rings is 1. The average molecular weight is 331 g/mol. The molecule has 0 aliphatic rings. The Bertz CT molecular complexity index is 741. The van der Waals surface area contributed by atoms with Crippen molar-refractivity contribution in [1.29, 1.82) is 0 Å². The number of hydrogen-bond acceptors (Lipinski definition) is 6. The number of nitrogen functional groups attached to an aromatic ring is 1. The van der Waals surface area contributed by atoms with Crippen LogP contribution in [0.3, 0.4) is 0 Å². The second kappa shape index (κ2) is 5.24. The highest BCUT2D eigenvalue weighted by atomic mass is 32.2. The fraction of sp³-hybridized carbons (Fsp3) is 0.583. The molecule has 1 atom stereocenters. The van der Waals surface area contributed by atoms with Crippen LogP contribution < -0.4 is 11.3 Å². The van der Waals surface area contributed by atoms with Crippen molar-refractivity contribution in [2.24, 2.45) is 11.3 Å². The van der Waals surface area contributed by atoms with Crippen LogP contribution in [-0.4, -0.2) is 35.2 Å². The number of fused-ring (bicyclic) bond motifs is 1. The van der Waals surface area contributed by atoms with E-state index in [1.54, 1.807) is 23.0 Å². The maximum atomic E-state index is 12.9. The topological polar surface area (TPSA) is 92.7 Å². The lowest BCUT2D eigenvalue weighted by Gasteiger charge is -2.34. The lowest BCUT2D eigenvalue weighted by atomic mass is 9.88. The summed E-state index contributed by atoms with van der Waals surface area (Å²) in [6.07, 6.45) is 1.68. The maximum Gasteiger partial charge on any atom is 0.262 e. The predicted molar refractivity (Wildman–Crippen MR) is 84.7 cm³/mol. The number of anilines is 1. The Morgan fingerprint density at radius 1 is 1.48 bits per heavy atom. The summed E-state index contributed by atoms with van der Waals surface area (Å²) in [6, 6.07) is -0.183. The van der Waals surface area contributed by atoms with Gasteiger partial charge in [0, 0.05) is 24.7 Å². The van der Waals surface area contributed by atoms with Gasteiger partial charge in [0.2, 0.25) is 5.03 Å². The summed E-state index contributed by atoms with van der Waals surface area (Å²) in [4.78, 5) is 4.78. The number of nitrogens with zero attached hydrogens (tertiary/aromatic N) is 3. The smallest absolute Gasteiger partial charge is 0.262 e. The summed E-state index contributed by atoms with van der Waals surface area (Å²) in [5.74, 6) is 5.59. The van der Waals surface area contributed by atoms with Crippen molar-refractivity contribution in [2.45, 2.75) is 38.8 Å². The standard InChI is InChI=1S/C12H21N5O2S2/c1-8(12(2,3)4)16(5)21(18,19)10-9(15-13)14-11-17(10)6-7-20-11/h6-8,15H,13H2,1-5H3. The number of rotatable bonds is 4. The number of nitrogens with one attached hydrogen (secondary N) is 1. The summed E-state index contributed by atoms with van der Waals surface area (Å²) < 4.78 is 28.8. The van der Waals surface area contributed by atoms with Gasteiger partial charge in [-0.1, -0.05) is 20.8 Å². The van der Waals surface area contributed by atoms with Crippen molar-refractivity contribution >= 4 is 32.1 Å². The Labute approximate surface area is 128 Å². The molecular formula is C12H21N5O2S2. The second-order valence-electron chi connectivity index (χ2n) is 6.03. The van der Waals surface area contributed by atoms with Crippen molar-refractivity contribution in [3.8, 4) is 0 Å². The van der Waals surface area contributed by atoms with Gasteiger partial charge in [-0.25, -0.2) is 14.3 Å². The first-order valence-electron chi connectivity index (χ1n) is 6.51. The molecule has 0 aliphatic carbocycles. The van der Waals surface area contributed by atoms with Crippen LogP contribution in [0, 0.1) is 5.41 Å². The molecule has 2 aromatic rings. The molecular weight excluding hydrogens is 310 g/mol. The Morgan fingerprint density at radius 2 is 2.10 bits per heavy atom. The molecule has 0 spiro atoms. The summed E-state index contributed by atoms with van der Waals surface area (Å²) in [5, 5.41) is 1.86. The van der Waals surface area contributed by atoms with E-state index < -0.39 is 10.0 Å². The first-order chi connectivity index (χ1) is 9.60. The van der Waals surface area contributed by atoms with Crippen LogP contribution in [-0.2, 0) is 10.0 Å². The summed E-state index contributed by atoms with van der Waals surface area (Å²) >= 11 is 1.35. The predicted octanol–water partition coefficient (Wildman–Crippen LogP) is 1.74. The molecule has 9 heteroatoms. The highest BCUT2D eigenvalue weighted by Crippen LogP contribution is 2.31. The minimum absolute atomic E-state index is 0.0693. The van der Waals surface area contributed by atoms with Gasteiger partial charge in [-0.2, -0.15) is 9.29 Å². The number of sulfonamides is 1. The quantitative estimate of drug-likeness (QED) is 0.657. The van der Waals surface area contributed by atoms with Crippen LogP contribution in [0.25, 0.3) is 4.96 Å². The van der Waals surface area contributed by atoms with E-state index in [2.05, 4.69) is 10.4 Å². The third kappa shape index (κ3) is 2.66. The third-order valence-corrected chi connectivity index (χ3v) is 6.49. The highest BCUT2D eigenvalue weighted by molar-refractivity contribution is 7.89. The fourth-order valence-electron chi connectivity index (χ4n) is 2.00. The zero-order valence-corrected chi connectivity index (χ0v) is 14.4. The molecule has 1 unspecified atom stereocenters. The SMILES string of the molecule is CC(N(C)S(=O)(=O)c1c(NN)nc2sccn12)C(C)(C)C. The molecule has 21 heavy (non-hydrogen) atoms. The minimum Gasteiger partial charge on any atom is -0.306 e. The Kier molecular flexibility index (Phi) is 4.04. The zero-order chi connectivity index (χ0) is 16.0. The molecule has 3 N–H and O–H groups in total. The number of aromatic nitrogens is 2. The van der Waals surface area contributed by atoms with E-state index in [-0.39, 0.29) is 22.3 Å². The Hall–Kier alpha value is -1.16. The van der Waals surface area contributed by atoms with E-state index in [1.165, 1.54) is 15.6 Å². The first-order valence-corrected chi connectivity index (χ1v) is 8.83. The molecule has 0 aliphatic heterocycles. The maximum absolute atomic E-state index is 12.9. The van der Waals surface area contributed by atoms with Crippen molar-refractivity contribution < 1.29 is 8.42 Å². The number of hydrazine groups is 1. The molecule has 2 aromatic heterocycles. The van der Waals surface area contributed by atoms with Crippen LogP contribution in [0.2, 0.25) is 0 Å². The van der Waals surface area contributed by atoms with E-state index in [4.69, 9.17) is 5.84 Å². The Balaban J connectivity index is 2.58. The normalized spacial score (nSPS) is 14.8. The fourth-order valence-corrected chi connectivity index (χ4v) is 4.52. The van der Waals surface area contributed by atoms with E-state index >= 15 is 0 Å². The largest absolute Gasteiger partial charge is 0.306 e. The molecule has 0 amide bonds. The van der Waals surface area contributed by atoms with Gasteiger partial charge in [0.15, 0.2) is 10.8 Å². The molecule has 0 radical (unpaired) electrons. The van der Waals surface area contributed by atoms with Gasteiger partial charge in [0.05, 0.1) is 0 Å². The van der Waals surface area contributed by atoms with Crippen molar-refractivity contribution in [1.82, 2.24) is 13.7 Å². The lowest BCUT2D eigenvalue weighted by Crippen LogP contribution is -2.43. The van der Waals surface area contributed by atoms with Crippen molar-refractivity contribution in [2.75, 3.05) is 12.5 Å². The highest BCUT2D eigenvalue weighted by Gasteiger charge is 2.36. The second-order valence-corrected chi connectivity index (χ2v) is 8.81. The third-order valence-electron chi connectivity index (χ3n) is 3.78. The first kappa shape index (κ1) is 16.2. The van der Waals surface area contributed by atoms with Gasteiger partial charge in [0.1, 0.15) is 0 Å². The molecule has 7 nitrogen and oxygen atoms in total. The van der Waals surface area contributed by atoms with Crippen LogP contribution in [0.1, 0.15) is 27.7 Å². The molecule has 0 bridgehead atoms. The summed E-state index contributed by atoms with van der Waals surface area (Å²) in [5.41, 5.74) is 2.19. The van der Waals surface area contributed by atoms with E-state index in [0.29, 0.717) is 4.96 Å². The van der Waals surface area contributed by atoms with E-state index in [9.17, 15) is 8.42 Å². The molecule has 2 rings (SSSR count). The average Bonchev–Trinajstić information content (AvgIpc) is 2.94. The van der Waals surface area contributed by atoms with Gasteiger partial charge in [-0.15, -0.1) is 11.3 Å². The molecule has 0 fully saturated rings. The van der Waals surface area contributed by atoms with Crippen molar-refractivity contribution in [3.05, 3.63) is 11.6 Å². The monoisotopic (exact) mass is 331 g/mol. The molecule has 2 heterocycles. The summed E-state index contributed by atoms with van der Waals surface area (Å²) in [7, 11) is -2.14. The van der Waals surface area contributed by atoms with Gasteiger partial charge in [-0.05, 0) is 12.3 Å². The molecule has 0 aromatic carbocycles.